The number of para-hydroxylation sites is 5. The fourth-order valence-electron chi connectivity index (χ4n) is 8.83. The Labute approximate surface area is 357 Å². The number of benzene rings is 8. The number of imidazole rings is 4. The third-order valence-electron chi connectivity index (χ3n) is 11.7. The summed E-state index contributed by atoms with van der Waals surface area (Å²) in [5.41, 5.74) is 14.6. The average Bonchev–Trinajstić information content (AvgIpc) is 4.12. The van der Waals surface area contributed by atoms with Crippen molar-refractivity contribution in [2.24, 2.45) is 0 Å². The maximum atomic E-state index is 6.77. The molecule has 0 aliphatic rings. The lowest BCUT2D eigenvalue weighted by atomic mass is 9.95. The van der Waals surface area contributed by atoms with Crippen LogP contribution < -0.4 is 9.30 Å². The standard InChI is InChI=1S/C54H37N7O/c1-37-16-13-29-49-51(37)56-54-60(49)48-31-30-43(35-50(48)61(54)53-55-32-33-57(53)40-21-9-4-10-22-40)62-42-24-14-23-41(34-42)58-36-59(47-28-12-11-27-46(47)58)52-44(38-17-5-2-6-18-38)25-15-26-45(52)39-19-7-3-8-20-39/h2-35H,1H3. The zero-order valence-corrected chi connectivity index (χ0v) is 33.7. The summed E-state index contributed by atoms with van der Waals surface area (Å²) in [6.45, 7) is 2.10. The third kappa shape index (κ3) is 5.72. The predicted molar refractivity (Wildman–Crippen MR) is 246 cm³/mol. The van der Waals surface area contributed by atoms with E-state index in [1.807, 2.05) is 48.8 Å². The topological polar surface area (TPSA) is 58.1 Å². The smallest absolute Gasteiger partial charge is 0.269 e. The fourth-order valence-corrected chi connectivity index (χ4v) is 8.83. The molecule has 12 aromatic rings. The van der Waals surface area contributed by atoms with Crippen LogP contribution in [0.3, 0.4) is 0 Å². The number of aromatic nitrogens is 7. The second-order valence-corrected chi connectivity index (χ2v) is 15.4. The van der Waals surface area contributed by atoms with Gasteiger partial charge in [0.15, 0.2) is 0 Å². The van der Waals surface area contributed by atoms with Crippen LogP contribution in [0.5, 0.6) is 11.5 Å². The van der Waals surface area contributed by atoms with Crippen LogP contribution in [-0.2, 0) is 0 Å². The number of ether oxygens (including phenoxy) is 1. The predicted octanol–water partition coefficient (Wildman–Crippen LogP) is 12.1. The Morgan fingerprint density at radius 1 is 0.548 bits per heavy atom. The van der Waals surface area contributed by atoms with Crippen LogP contribution in [0.15, 0.2) is 207 Å². The molecule has 0 radical (unpaired) electrons. The highest BCUT2D eigenvalue weighted by Gasteiger charge is 2.23. The maximum Gasteiger partial charge on any atom is 0.269 e. The van der Waals surface area contributed by atoms with E-state index in [0.29, 0.717) is 11.5 Å². The minimum Gasteiger partial charge on any atom is -0.458 e. The van der Waals surface area contributed by atoms with Gasteiger partial charge < -0.3 is 4.74 Å². The zero-order valence-electron chi connectivity index (χ0n) is 33.7. The van der Waals surface area contributed by atoms with Crippen molar-refractivity contribution < 1.29 is 9.30 Å². The van der Waals surface area contributed by atoms with Crippen molar-refractivity contribution >= 4 is 38.9 Å². The van der Waals surface area contributed by atoms with Gasteiger partial charge in [0.2, 0.25) is 11.7 Å². The molecule has 0 atom stereocenters. The Morgan fingerprint density at radius 2 is 1.19 bits per heavy atom. The van der Waals surface area contributed by atoms with Gasteiger partial charge in [-0.3, -0.25) is 18.1 Å². The van der Waals surface area contributed by atoms with Gasteiger partial charge in [0.1, 0.15) is 11.5 Å². The lowest BCUT2D eigenvalue weighted by molar-refractivity contribution is -0.571. The van der Waals surface area contributed by atoms with Gasteiger partial charge in [-0.2, -0.15) is 0 Å². The number of hydrogen-bond acceptors (Lipinski definition) is 3. The molecule has 0 N–H and O–H groups in total. The van der Waals surface area contributed by atoms with E-state index in [1.54, 1.807) is 0 Å². The van der Waals surface area contributed by atoms with Gasteiger partial charge in [-0.25, -0.2) is 14.5 Å². The van der Waals surface area contributed by atoms with E-state index in [1.165, 1.54) is 0 Å². The molecular weight excluding hydrogens is 763 g/mol. The van der Waals surface area contributed by atoms with Crippen molar-refractivity contribution in [3.05, 3.63) is 218 Å². The van der Waals surface area contributed by atoms with Gasteiger partial charge in [0, 0.05) is 24.1 Å². The van der Waals surface area contributed by atoms with Crippen LogP contribution in [0.25, 0.3) is 84.1 Å². The molecule has 8 heteroatoms. The third-order valence-corrected chi connectivity index (χ3v) is 11.7. The van der Waals surface area contributed by atoms with E-state index < -0.39 is 0 Å². The molecule has 0 amide bonds. The van der Waals surface area contributed by atoms with E-state index in [4.69, 9.17) is 14.7 Å². The van der Waals surface area contributed by atoms with Crippen molar-refractivity contribution in [2.45, 2.75) is 6.92 Å². The average molecular weight is 800 g/mol. The molecule has 4 aromatic heterocycles. The highest BCUT2D eigenvalue weighted by molar-refractivity contribution is 5.93. The molecule has 0 aliphatic carbocycles. The molecule has 0 bridgehead atoms. The first-order valence-electron chi connectivity index (χ1n) is 20.7. The number of nitrogens with zero attached hydrogens (tertiary/aromatic N) is 7. The van der Waals surface area contributed by atoms with Crippen LogP contribution in [-0.4, -0.2) is 28.1 Å². The van der Waals surface area contributed by atoms with Gasteiger partial charge in [0.25, 0.3) is 6.33 Å². The molecule has 0 saturated carbocycles. The van der Waals surface area contributed by atoms with Crippen LogP contribution in [0.1, 0.15) is 5.56 Å². The first kappa shape index (κ1) is 35.5. The van der Waals surface area contributed by atoms with Gasteiger partial charge in [0.05, 0.1) is 44.5 Å². The molecule has 8 nitrogen and oxygen atoms in total. The quantitative estimate of drug-likeness (QED) is 0.114. The minimum absolute atomic E-state index is 0.690. The highest BCUT2D eigenvalue weighted by Crippen LogP contribution is 2.36. The molecule has 62 heavy (non-hydrogen) atoms. The zero-order chi connectivity index (χ0) is 41.1. The molecule has 4 heterocycles. The molecular formula is C54H37N7O. The van der Waals surface area contributed by atoms with Crippen LogP contribution in [0.4, 0.5) is 0 Å². The summed E-state index contributed by atoms with van der Waals surface area (Å²) in [6, 6.07) is 67.1. The normalized spacial score (nSPS) is 11.6. The maximum absolute atomic E-state index is 6.77. The van der Waals surface area contributed by atoms with Gasteiger partial charge in [-0.1, -0.05) is 140 Å². The Balaban J connectivity index is 0.989. The summed E-state index contributed by atoms with van der Waals surface area (Å²) in [6.07, 6.45) is 7.61. The summed E-state index contributed by atoms with van der Waals surface area (Å²) in [7, 11) is 0. The molecule has 0 fully saturated rings. The van der Waals surface area contributed by atoms with E-state index in [0.717, 1.165) is 89.7 Å². The minimum atomic E-state index is 0.690. The summed E-state index contributed by atoms with van der Waals surface area (Å²) < 4.78 is 17.5. The molecule has 0 saturated heterocycles. The number of hydrogen-bond donors (Lipinski definition) is 0. The van der Waals surface area contributed by atoms with Gasteiger partial charge in [-0.05, 0) is 83.3 Å². The summed E-state index contributed by atoms with van der Waals surface area (Å²) in [5, 5.41) is 0. The summed E-state index contributed by atoms with van der Waals surface area (Å²) in [4.78, 5) is 10.1. The van der Waals surface area contributed by atoms with E-state index in [2.05, 4.69) is 194 Å². The molecule has 294 valence electrons. The molecule has 0 unspecified atom stereocenters. The van der Waals surface area contributed by atoms with Crippen molar-refractivity contribution in [2.75, 3.05) is 0 Å². The molecule has 12 rings (SSSR count). The van der Waals surface area contributed by atoms with Gasteiger partial charge in [-0.15, -0.1) is 0 Å². The Morgan fingerprint density at radius 3 is 1.97 bits per heavy atom. The van der Waals surface area contributed by atoms with Crippen molar-refractivity contribution in [1.82, 2.24) is 28.1 Å². The van der Waals surface area contributed by atoms with E-state index in [9.17, 15) is 0 Å². The van der Waals surface area contributed by atoms with E-state index in [-0.39, 0.29) is 0 Å². The highest BCUT2D eigenvalue weighted by atomic mass is 16.5. The second kappa shape index (κ2) is 14.4. The van der Waals surface area contributed by atoms with Crippen LogP contribution in [0.2, 0.25) is 0 Å². The monoisotopic (exact) mass is 799 g/mol. The first-order chi connectivity index (χ1) is 30.7. The second-order valence-electron chi connectivity index (χ2n) is 15.4. The van der Waals surface area contributed by atoms with Gasteiger partial charge >= 0.3 is 0 Å². The Bertz CT molecular complexity index is 3560. The molecule has 0 spiro atoms. The van der Waals surface area contributed by atoms with E-state index >= 15 is 0 Å². The molecule has 0 aliphatic heterocycles. The summed E-state index contributed by atoms with van der Waals surface area (Å²) >= 11 is 0. The van der Waals surface area contributed by atoms with Crippen molar-refractivity contribution in [3.63, 3.8) is 0 Å². The number of aryl methyl sites for hydroxylation is 1. The lowest BCUT2D eigenvalue weighted by Gasteiger charge is -2.17. The van der Waals surface area contributed by atoms with Crippen molar-refractivity contribution in [3.8, 4) is 56.8 Å². The van der Waals surface area contributed by atoms with Crippen LogP contribution >= 0.6 is 0 Å². The summed E-state index contributed by atoms with van der Waals surface area (Å²) in [5.74, 6) is 2.90. The van der Waals surface area contributed by atoms with Crippen molar-refractivity contribution in [1.29, 1.82) is 0 Å². The fraction of sp³-hybridized carbons (Fsp3) is 0.0185. The molecule has 8 aromatic carbocycles. The number of rotatable bonds is 8. The number of fused-ring (bicyclic) bond motifs is 6. The Kier molecular flexibility index (Phi) is 8.21. The SMILES string of the molecule is Cc1cccc2c1nc1n(-c3nccn3-c3ccccc3)c3cc(Oc4cccc(-n5[c-][n+](-c6c(-c7ccccc7)cccc6-c6ccccc6)c6ccccc65)c4)ccc3n21. The van der Waals surface area contributed by atoms with Crippen LogP contribution in [0, 0.1) is 13.3 Å². The lowest BCUT2D eigenvalue weighted by Crippen LogP contribution is -2.31. The largest absolute Gasteiger partial charge is 0.458 e. The first-order valence-corrected chi connectivity index (χ1v) is 20.7. The Hall–Kier alpha value is -8.49.